The van der Waals surface area contributed by atoms with E-state index in [1.165, 1.54) is 24.2 Å². The van der Waals surface area contributed by atoms with Crippen molar-refractivity contribution in [1.82, 2.24) is 9.55 Å². The predicted octanol–water partition coefficient (Wildman–Crippen LogP) is 2.63. The van der Waals surface area contributed by atoms with Gasteiger partial charge in [-0.25, -0.2) is 4.98 Å². The Balaban J connectivity index is 1.97. The molecule has 2 N–H and O–H groups in total. The molecule has 1 saturated carbocycles. The first kappa shape index (κ1) is 11.3. The van der Waals surface area contributed by atoms with Crippen LogP contribution >= 0.6 is 0 Å². The van der Waals surface area contributed by atoms with E-state index in [0.29, 0.717) is 5.92 Å². The van der Waals surface area contributed by atoms with Crippen LogP contribution in [0.15, 0.2) is 18.2 Å². The van der Waals surface area contributed by atoms with Gasteiger partial charge in [0.1, 0.15) is 5.82 Å². The molecule has 2 aliphatic rings. The van der Waals surface area contributed by atoms with Crippen molar-refractivity contribution in [3.05, 3.63) is 24.0 Å². The second-order valence-corrected chi connectivity index (χ2v) is 6.13. The number of nitrogen functional groups attached to an aromatic ring is 1. The van der Waals surface area contributed by atoms with Gasteiger partial charge < -0.3 is 15.0 Å². The Kier molecular flexibility index (Phi) is 2.22. The van der Waals surface area contributed by atoms with Crippen molar-refractivity contribution in [2.24, 2.45) is 0 Å². The monoisotopic (exact) mass is 257 g/mol. The van der Waals surface area contributed by atoms with E-state index in [2.05, 4.69) is 17.6 Å². The molecular formula is C15H19N3O. The number of benzene rings is 1. The van der Waals surface area contributed by atoms with Gasteiger partial charge in [0.15, 0.2) is 0 Å². The molecule has 2 heterocycles. The van der Waals surface area contributed by atoms with Crippen LogP contribution in [0.2, 0.25) is 0 Å². The molecule has 1 aromatic heterocycles. The molecular weight excluding hydrogens is 238 g/mol. The minimum absolute atomic E-state index is 0.0444. The van der Waals surface area contributed by atoms with E-state index in [9.17, 15) is 0 Å². The highest BCUT2D eigenvalue weighted by Gasteiger charge is 2.39. The summed E-state index contributed by atoms with van der Waals surface area (Å²) in [5, 5.41) is 0. The minimum Gasteiger partial charge on any atom is -0.399 e. The Morgan fingerprint density at radius 2 is 2.26 bits per heavy atom. The van der Waals surface area contributed by atoms with Crippen molar-refractivity contribution in [2.45, 2.75) is 37.6 Å². The molecule has 1 aliphatic heterocycles. The Hall–Kier alpha value is -1.55. The molecule has 1 aliphatic carbocycles. The van der Waals surface area contributed by atoms with Gasteiger partial charge in [0.25, 0.3) is 0 Å². The molecule has 0 radical (unpaired) electrons. The summed E-state index contributed by atoms with van der Waals surface area (Å²) in [4.78, 5) is 4.85. The standard InChI is InChI=1S/C15H19N3O/c1-15(6-7-19-9-15)18-13-5-4-11(16)8-12(13)17-14(18)10-2-3-10/h4-5,8,10H,2-3,6-7,9,16H2,1H3. The average Bonchev–Trinajstić information content (AvgIpc) is 3.02. The third-order valence-corrected chi connectivity index (χ3v) is 4.38. The number of hydrogen-bond acceptors (Lipinski definition) is 3. The summed E-state index contributed by atoms with van der Waals surface area (Å²) in [5.74, 6) is 1.86. The number of anilines is 1. The van der Waals surface area contributed by atoms with Crippen molar-refractivity contribution in [3.8, 4) is 0 Å². The highest BCUT2D eigenvalue weighted by molar-refractivity contribution is 5.80. The van der Waals surface area contributed by atoms with Crippen LogP contribution in [0.5, 0.6) is 0 Å². The first-order chi connectivity index (χ1) is 9.17. The Bertz CT molecular complexity index is 636. The van der Waals surface area contributed by atoms with Crippen LogP contribution in [0, 0.1) is 0 Å². The molecule has 0 spiro atoms. The molecule has 1 unspecified atom stereocenters. The van der Waals surface area contributed by atoms with Crippen molar-refractivity contribution in [2.75, 3.05) is 18.9 Å². The van der Waals surface area contributed by atoms with Gasteiger partial charge in [-0.2, -0.15) is 0 Å². The lowest BCUT2D eigenvalue weighted by molar-refractivity contribution is 0.162. The molecule has 4 rings (SSSR count). The number of hydrogen-bond donors (Lipinski definition) is 1. The summed E-state index contributed by atoms with van der Waals surface area (Å²) < 4.78 is 8.06. The quantitative estimate of drug-likeness (QED) is 0.841. The van der Waals surface area contributed by atoms with E-state index in [-0.39, 0.29) is 5.54 Å². The summed E-state index contributed by atoms with van der Waals surface area (Å²) in [6, 6.07) is 6.06. The summed E-state index contributed by atoms with van der Waals surface area (Å²) in [7, 11) is 0. The Morgan fingerprint density at radius 1 is 1.42 bits per heavy atom. The molecule has 1 aromatic carbocycles. The highest BCUT2D eigenvalue weighted by atomic mass is 16.5. The maximum Gasteiger partial charge on any atom is 0.113 e. The fourth-order valence-electron chi connectivity index (χ4n) is 3.13. The van der Waals surface area contributed by atoms with Crippen LogP contribution in [0.25, 0.3) is 11.0 Å². The van der Waals surface area contributed by atoms with Gasteiger partial charge in [0.05, 0.1) is 23.2 Å². The van der Waals surface area contributed by atoms with E-state index in [0.717, 1.165) is 30.8 Å². The lowest BCUT2D eigenvalue weighted by Gasteiger charge is -2.27. The normalized spacial score (nSPS) is 27.2. The number of imidazole rings is 1. The number of aromatic nitrogens is 2. The van der Waals surface area contributed by atoms with Crippen molar-refractivity contribution in [1.29, 1.82) is 0 Å². The summed E-state index contributed by atoms with van der Waals surface area (Å²) >= 11 is 0. The highest BCUT2D eigenvalue weighted by Crippen LogP contribution is 2.44. The average molecular weight is 257 g/mol. The summed E-state index contributed by atoms with van der Waals surface area (Å²) in [5.41, 5.74) is 8.94. The fraction of sp³-hybridized carbons (Fsp3) is 0.533. The van der Waals surface area contributed by atoms with Crippen molar-refractivity contribution < 1.29 is 4.74 Å². The van der Waals surface area contributed by atoms with Crippen LogP contribution in [0.1, 0.15) is 37.9 Å². The summed E-state index contributed by atoms with van der Waals surface area (Å²) in [6.07, 6.45) is 3.58. The zero-order chi connectivity index (χ0) is 13.0. The molecule has 2 aromatic rings. The van der Waals surface area contributed by atoms with Gasteiger partial charge in [-0.3, -0.25) is 0 Å². The van der Waals surface area contributed by atoms with Crippen LogP contribution in [0.4, 0.5) is 5.69 Å². The largest absolute Gasteiger partial charge is 0.399 e. The fourth-order valence-corrected chi connectivity index (χ4v) is 3.13. The molecule has 0 amide bonds. The number of nitrogens with two attached hydrogens (primary N) is 1. The lowest BCUT2D eigenvalue weighted by atomic mass is 10.0. The molecule has 19 heavy (non-hydrogen) atoms. The van der Waals surface area contributed by atoms with Crippen molar-refractivity contribution >= 4 is 16.7 Å². The first-order valence-corrected chi connectivity index (χ1v) is 7.03. The summed E-state index contributed by atoms with van der Waals surface area (Å²) in [6.45, 7) is 3.90. The number of fused-ring (bicyclic) bond motifs is 1. The van der Waals surface area contributed by atoms with E-state index in [1.54, 1.807) is 0 Å². The lowest BCUT2D eigenvalue weighted by Crippen LogP contribution is -2.31. The number of nitrogens with zero attached hydrogens (tertiary/aromatic N) is 2. The Morgan fingerprint density at radius 3 is 2.95 bits per heavy atom. The molecule has 100 valence electrons. The SMILES string of the molecule is CC1(n2c(C3CC3)nc3cc(N)ccc32)CCOC1. The van der Waals surface area contributed by atoms with Crippen LogP contribution in [-0.2, 0) is 10.3 Å². The molecule has 2 fully saturated rings. The van der Waals surface area contributed by atoms with Gasteiger partial charge in [-0.1, -0.05) is 0 Å². The third-order valence-electron chi connectivity index (χ3n) is 4.38. The van der Waals surface area contributed by atoms with E-state index >= 15 is 0 Å². The van der Waals surface area contributed by atoms with Crippen LogP contribution in [-0.4, -0.2) is 22.8 Å². The second-order valence-electron chi connectivity index (χ2n) is 6.13. The van der Waals surface area contributed by atoms with E-state index < -0.39 is 0 Å². The Labute approximate surface area is 112 Å². The van der Waals surface area contributed by atoms with Crippen LogP contribution < -0.4 is 5.73 Å². The topological polar surface area (TPSA) is 53.1 Å². The zero-order valence-electron chi connectivity index (χ0n) is 11.2. The maximum atomic E-state index is 5.89. The van der Waals surface area contributed by atoms with Gasteiger partial charge in [-0.05, 0) is 44.4 Å². The molecule has 4 heteroatoms. The van der Waals surface area contributed by atoms with Gasteiger partial charge in [0.2, 0.25) is 0 Å². The number of rotatable bonds is 2. The zero-order valence-corrected chi connectivity index (χ0v) is 11.2. The van der Waals surface area contributed by atoms with Gasteiger partial charge >= 0.3 is 0 Å². The third kappa shape index (κ3) is 1.66. The van der Waals surface area contributed by atoms with Crippen LogP contribution in [0.3, 0.4) is 0 Å². The molecule has 1 saturated heterocycles. The van der Waals surface area contributed by atoms with Crippen molar-refractivity contribution in [3.63, 3.8) is 0 Å². The molecule has 1 atom stereocenters. The second kappa shape index (κ2) is 3.73. The maximum absolute atomic E-state index is 5.89. The van der Waals surface area contributed by atoms with Gasteiger partial charge in [-0.15, -0.1) is 0 Å². The minimum atomic E-state index is 0.0444. The smallest absolute Gasteiger partial charge is 0.113 e. The molecule has 4 nitrogen and oxygen atoms in total. The van der Waals surface area contributed by atoms with E-state index in [1.807, 2.05) is 12.1 Å². The predicted molar refractivity (Wildman–Crippen MR) is 75.2 cm³/mol. The first-order valence-electron chi connectivity index (χ1n) is 7.03. The number of ether oxygens (including phenoxy) is 1. The van der Waals surface area contributed by atoms with E-state index in [4.69, 9.17) is 15.5 Å². The van der Waals surface area contributed by atoms with Gasteiger partial charge in [0, 0.05) is 18.2 Å². The molecule has 0 bridgehead atoms.